The van der Waals surface area contributed by atoms with Crippen molar-refractivity contribution in [2.75, 3.05) is 13.2 Å². The summed E-state index contributed by atoms with van der Waals surface area (Å²) >= 11 is 0. The number of hydrogen-bond acceptors (Lipinski definition) is 3. The molecule has 0 unspecified atom stereocenters. The molecule has 0 aromatic carbocycles. The predicted molar refractivity (Wildman–Crippen MR) is 58.5 cm³/mol. The molecule has 2 saturated carbocycles. The van der Waals surface area contributed by atoms with Gasteiger partial charge in [0.1, 0.15) is 0 Å². The molecule has 3 fully saturated rings. The number of fused-ring (bicyclic) bond motifs is 1. The van der Waals surface area contributed by atoms with Gasteiger partial charge in [0.15, 0.2) is 5.79 Å². The maximum atomic E-state index is 9.56. The number of nitrogens with zero attached hydrogens (tertiary/aromatic N) is 1. The summed E-state index contributed by atoms with van der Waals surface area (Å²) in [4.78, 5) is 0. The van der Waals surface area contributed by atoms with E-state index < -0.39 is 5.79 Å². The van der Waals surface area contributed by atoms with E-state index >= 15 is 0 Å². The lowest BCUT2D eigenvalue weighted by atomic mass is 9.59. The first-order valence-electron chi connectivity index (χ1n) is 6.48. The minimum atomic E-state index is -0.399. The van der Waals surface area contributed by atoms with E-state index in [1.54, 1.807) is 0 Å². The molecule has 88 valence electrons. The molecule has 16 heavy (non-hydrogen) atoms. The molecule has 0 bridgehead atoms. The standard InChI is InChI=1S/C13H19NO2/c14-10-12-5-2-1-3-11(12)4-6-13(9-12)15-7-8-16-13/h11H,1-9H2/t11-,12-/m0/s1. The quantitative estimate of drug-likeness (QED) is 0.631. The van der Waals surface area contributed by atoms with Crippen molar-refractivity contribution in [3.8, 4) is 6.07 Å². The van der Waals surface area contributed by atoms with Crippen LogP contribution in [0.4, 0.5) is 0 Å². The monoisotopic (exact) mass is 221 g/mol. The van der Waals surface area contributed by atoms with Gasteiger partial charge in [0, 0.05) is 12.8 Å². The predicted octanol–water partition coefficient (Wildman–Crippen LogP) is 2.61. The molecule has 3 aliphatic rings. The highest BCUT2D eigenvalue weighted by Gasteiger charge is 2.54. The fourth-order valence-electron chi connectivity index (χ4n) is 3.86. The largest absolute Gasteiger partial charge is 0.347 e. The lowest BCUT2D eigenvalue weighted by Gasteiger charge is -2.48. The Bertz CT molecular complexity index is 316. The second kappa shape index (κ2) is 3.72. The van der Waals surface area contributed by atoms with Crippen molar-refractivity contribution in [3.63, 3.8) is 0 Å². The Morgan fingerprint density at radius 2 is 1.88 bits per heavy atom. The highest BCUT2D eigenvalue weighted by molar-refractivity contribution is 5.10. The van der Waals surface area contributed by atoms with E-state index in [1.807, 2.05) is 0 Å². The van der Waals surface area contributed by atoms with Gasteiger partial charge in [0.2, 0.25) is 0 Å². The van der Waals surface area contributed by atoms with E-state index in [0.717, 1.165) is 25.7 Å². The Hall–Kier alpha value is -0.590. The van der Waals surface area contributed by atoms with E-state index in [9.17, 15) is 5.26 Å². The van der Waals surface area contributed by atoms with Gasteiger partial charge in [-0.1, -0.05) is 12.8 Å². The summed E-state index contributed by atoms with van der Waals surface area (Å²) in [5.74, 6) is 0.188. The second-order valence-electron chi connectivity index (χ2n) is 5.53. The zero-order valence-electron chi connectivity index (χ0n) is 9.71. The molecule has 3 nitrogen and oxygen atoms in total. The summed E-state index contributed by atoms with van der Waals surface area (Å²) in [6, 6.07) is 2.61. The molecule has 0 N–H and O–H groups in total. The van der Waals surface area contributed by atoms with Crippen LogP contribution in [-0.2, 0) is 9.47 Å². The Kier molecular flexibility index (Phi) is 2.45. The molecule has 0 aromatic heterocycles. The molecule has 0 radical (unpaired) electrons. The normalized spacial score (nSPS) is 41.6. The maximum Gasteiger partial charge on any atom is 0.170 e. The third kappa shape index (κ3) is 1.48. The highest BCUT2D eigenvalue weighted by Crippen LogP contribution is 2.54. The molecular weight excluding hydrogens is 202 g/mol. The number of nitriles is 1. The van der Waals surface area contributed by atoms with Crippen LogP contribution < -0.4 is 0 Å². The number of hydrogen-bond donors (Lipinski definition) is 0. The lowest BCUT2D eigenvalue weighted by molar-refractivity contribution is -0.209. The Morgan fingerprint density at radius 3 is 2.62 bits per heavy atom. The third-order valence-corrected chi connectivity index (χ3v) is 4.70. The van der Waals surface area contributed by atoms with E-state index in [4.69, 9.17) is 9.47 Å². The number of ether oxygens (including phenoxy) is 2. The van der Waals surface area contributed by atoms with Crippen LogP contribution in [0, 0.1) is 22.7 Å². The van der Waals surface area contributed by atoms with Crippen LogP contribution in [0.15, 0.2) is 0 Å². The van der Waals surface area contributed by atoms with Crippen LogP contribution in [0.3, 0.4) is 0 Å². The molecule has 2 aliphatic carbocycles. The first-order chi connectivity index (χ1) is 7.79. The number of rotatable bonds is 0. The van der Waals surface area contributed by atoms with Crippen LogP contribution in [0.2, 0.25) is 0 Å². The fourth-order valence-corrected chi connectivity index (χ4v) is 3.86. The molecule has 3 heteroatoms. The van der Waals surface area contributed by atoms with Gasteiger partial charge < -0.3 is 9.47 Å². The van der Waals surface area contributed by atoms with Crippen LogP contribution >= 0.6 is 0 Å². The molecule has 1 aliphatic heterocycles. The van der Waals surface area contributed by atoms with Crippen molar-refractivity contribution in [3.05, 3.63) is 0 Å². The summed E-state index contributed by atoms with van der Waals surface area (Å²) in [5.41, 5.74) is -0.152. The first kappa shape index (κ1) is 10.6. The third-order valence-electron chi connectivity index (χ3n) is 4.70. The van der Waals surface area contributed by atoms with Gasteiger partial charge in [0.05, 0.1) is 24.7 Å². The fraction of sp³-hybridized carbons (Fsp3) is 0.923. The minimum absolute atomic E-state index is 0.152. The molecule has 2 atom stereocenters. The zero-order valence-corrected chi connectivity index (χ0v) is 9.71. The Labute approximate surface area is 96.7 Å². The average Bonchev–Trinajstić information content (AvgIpc) is 2.77. The highest BCUT2D eigenvalue weighted by atomic mass is 16.7. The van der Waals surface area contributed by atoms with Crippen LogP contribution in [-0.4, -0.2) is 19.0 Å². The molecular formula is C13H19NO2. The van der Waals surface area contributed by atoms with Crippen LogP contribution in [0.1, 0.15) is 44.9 Å². The molecule has 0 amide bonds. The van der Waals surface area contributed by atoms with Crippen molar-refractivity contribution in [2.24, 2.45) is 11.3 Å². The zero-order chi connectivity index (χ0) is 11.1. The van der Waals surface area contributed by atoms with Gasteiger partial charge in [-0.2, -0.15) is 5.26 Å². The SMILES string of the molecule is N#C[C@@]12CCCC[C@H]1CCC1(C2)OCCO1. The van der Waals surface area contributed by atoms with Gasteiger partial charge in [-0.25, -0.2) is 0 Å². The Morgan fingerprint density at radius 1 is 1.06 bits per heavy atom. The van der Waals surface area contributed by atoms with E-state index in [2.05, 4.69) is 6.07 Å². The summed E-state index contributed by atoms with van der Waals surface area (Å²) in [7, 11) is 0. The smallest absolute Gasteiger partial charge is 0.170 e. The van der Waals surface area contributed by atoms with Crippen molar-refractivity contribution >= 4 is 0 Å². The summed E-state index contributed by atoms with van der Waals surface area (Å²) < 4.78 is 11.6. The summed E-state index contributed by atoms with van der Waals surface area (Å²) in [5, 5.41) is 9.56. The van der Waals surface area contributed by atoms with Crippen molar-refractivity contribution in [1.29, 1.82) is 5.26 Å². The van der Waals surface area contributed by atoms with E-state index in [-0.39, 0.29) is 5.41 Å². The van der Waals surface area contributed by atoms with Gasteiger partial charge >= 0.3 is 0 Å². The van der Waals surface area contributed by atoms with E-state index in [1.165, 1.54) is 19.3 Å². The molecule has 0 aromatic rings. The Balaban J connectivity index is 1.85. The lowest BCUT2D eigenvalue weighted by Crippen LogP contribution is -2.47. The minimum Gasteiger partial charge on any atom is -0.347 e. The van der Waals surface area contributed by atoms with Gasteiger partial charge in [-0.15, -0.1) is 0 Å². The maximum absolute atomic E-state index is 9.56. The van der Waals surface area contributed by atoms with Crippen LogP contribution in [0.25, 0.3) is 0 Å². The second-order valence-corrected chi connectivity index (χ2v) is 5.53. The van der Waals surface area contributed by atoms with Crippen molar-refractivity contribution in [2.45, 2.75) is 50.7 Å². The topological polar surface area (TPSA) is 42.2 Å². The summed E-state index contributed by atoms with van der Waals surface area (Å²) in [6.45, 7) is 1.40. The van der Waals surface area contributed by atoms with Crippen molar-refractivity contribution in [1.82, 2.24) is 0 Å². The average molecular weight is 221 g/mol. The summed E-state index contributed by atoms with van der Waals surface area (Å²) in [6.07, 6.45) is 7.66. The van der Waals surface area contributed by atoms with Crippen molar-refractivity contribution < 1.29 is 9.47 Å². The van der Waals surface area contributed by atoms with E-state index in [0.29, 0.717) is 19.1 Å². The van der Waals surface area contributed by atoms with Crippen LogP contribution in [0.5, 0.6) is 0 Å². The van der Waals surface area contributed by atoms with Gasteiger partial charge in [-0.3, -0.25) is 0 Å². The molecule has 1 spiro atoms. The molecule has 1 saturated heterocycles. The molecule has 1 heterocycles. The van der Waals surface area contributed by atoms with Gasteiger partial charge in [-0.05, 0) is 25.2 Å². The molecule has 3 rings (SSSR count). The van der Waals surface area contributed by atoms with Gasteiger partial charge in [0.25, 0.3) is 0 Å². The first-order valence-corrected chi connectivity index (χ1v) is 6.48.